The molecular weight excluding hydrogens is 381 g/mol. The van der Waals surface area contributed by atoms with Crippen molar-refractivity contribution in [3.8, 4) is 0 Å². The van der Waals surface area contributed by atoms with Crippen LogP contribution in [-0.4, -0.2) is 21.7 Å². The summed E-state index contributed by atoms with van der Waals surface area (Å²) < 4.78 is 13.5. The normalized spacial score (nSPS) is 10.8. The van der Waals surface area contributed by atoms with Crippen molar-refractivity contribution in [2.24, 2.45) is 16.2 Å². The number of rotatable bonds is 4. The van der Waals surface area contributed by atoms with Gasteiger partial charge in [-0.05, 0) is 46.6 Å². The molecule has 0 spiro atoms. The van der Waals surface area contributed by atoms with E-state index in [2.05, 4.69) is 41.6 Å². The van der Waals surface area contributed by atoms with Crippen LogP contribution in [0.1, 0.15) is 27.6 Å². The lowest BCUT2D eigenvalue weighted by atomic mass is 10.2. The molecule has 10 heteroatoms. The van der Waals surface area contributed by atoms with Crippen molar-refractivity contribution in [2.75, 3.05) is 0 Å². The maximum Gasteiger partial charge on any atom is 0.270 e. The fourth-order valence-corrected chi connectivity index (χ4v) is 2.26. The average Bonchev–Trinajstić information content (AvgIpc) is 2.55. The van der Waals surface area contributed by atoms with Gasteiger partial charge in [0.05, 0.1) is 4.47 Å². The van der Waals surface area contributed by atoms with E-state index in [1.165, 1.54) is 12.1 Å². The van der Waals surface area contributed by atoms with E-state index in [9.17, 15) is 9.18 Å². The summed E-state index contributed by atoms with van der Waals surface area (Å²) in [6.07, 6.45) is 0. The maximum absolute atomic E-state index is 13.2. The number of carbonyl (C=O) groups excluding carboxylic acids is 1. The van der Waals surface area contributed by atoms with E-state index in [1.807, 2.05) is 0 Å². The first-order chi connectivity index (χ1) is 11.4. The first kappa shape index (κ1) is 17.6. The molecule has 0 atom stereocenters. The van der Waals surface area contributed by atoms with Gasteiger partial charge in [0.1, 0.15) is 23.0 Å². The number of amidine groups is 1. The van der Waals surface area contributed by atoms with E-state index < -0.39 is 5.91 Å². The van der Waals surface area contributed by atoms with Crippen LogP contribution in [0.5, 0.6) is 0 Å². The highest BCUT2D eigenvalue weighted by Gasteiger charge is 2.13. The van der Waals surface area contributed by atoms with Crippen molar-refractivity contribution in [3.05, 3.63) is 57.3 Å². The van der Waals surface area contributed by atoms with E-state index in [4.69, 9.17) is 11.3 Å². The van der Waals surface area contributed by atoms with Gasteiger partial charge in [-0.2, -0.15) is 0 Å². The van der Waals surface area contributed by atoms with E-state index in [0.29, 0.717) is 15.9 Å². The molecule has 4 N–H and O–H groups in total. The molecule has 0 saturated carbocycles. The summed E-state index contributed by atoms with van der Waals surface area (Å²) in [4.78, 5) is 20.2. The molecule has 0 radical (unpaired) electrons. The molecule has 0 bridgehead atoms. The van der Waals surface area contributed by atoms with E-state index >= 15 is 0 Å². The lowest BCUT2D eigenvalue weighted by Crippen LogP contribution is -2.25. The van der Waals surface area contributed by atoms with E-state index in [0.717, 1.165) is 0 Å². The molecule has 1 amide bonds. The molecule has 2 rings (SSSR count). The molecular formula is C14H13BrFN7O. The first-order valence-corrected chi connectivity index (χ1v) is 7.47. The van der Waals surface area contributed by atoms with Crippen LogP contribution in [0.15, 0.2) is 39.1 Å². The molecule has 0 aliphatic rings. The Bertz CT molecular complexity index is 825. The second-order valence-electron chi connectivity index (χ2n) is 4.68. The van der Waals surface area contributed by atoms with Gasteiger partial charge in [-0.15, -0.1) is 5.11 Å². The van der Waals surface area contributed by atoms with E-state index in [1.54, 1.807) is 19.1 Å². The largest absolute Gasteiger partial charge is 0.347 e. The zero-order valence-corrected chi connectivity index (χ0v) is 14.1. The summed E-state index contributed by atoms with van der Waals surface area (Å²) in [6.45, 7) is 1.78. The fourth-order valence-electron chi connectivity index (χ4n) is 1.84. The second kappa shape index (κ2) is 7.68. The third kappa shape index (κ3) is 4.38. The van der Waals surface area contributed by atoms with Crippen molar-refractivity contribution >= 4 is 27.7 Å². The number of amides is 1. The fraction of sp³-hybridized carbons (Fsp3) is 0.143. The summed E-state index contributed by atoms with van der Waals surface area (Å²) >= 11 is 3.09. The number of benzene rings is 1. The van der Waals surface area contributed by atoms with E-state index in [-0.39, 0.29) is 29.6 Å². The minimum atomic E-state index is -0.459. The van der Waals surface area contributed by atoms with Crippen molar-refractivity contribution in [2.45, 2.75) is 13.5 Å². The van der Waals surface area contributed by atoms with Crippen LogP contribution in [-0.2, 0) is 6.54 Å². The highest BCUT2D eigenvalue weighted by Crippen LogP contribution is 2.16. The van der Waals surface area contributed by atoms with Crippen LogP contribution in [0.25, 0.3) is 0 Å². The molecule has 124 valence electrons. The summed E-state index contributed by atoms with van der Waals surface area (Å²) in [5.74, 6) is 4.09. The van der Waals surface area contributed by atoms with Crippen molar-refractivity contribution in [3.63, 3.8) is 0 Å². The Kier molecular flexibility index (Phi) is 5.64. The minimum Gasteiger partial charge on any atom is -0.347 e. The molecule has 1 aromatic heterocycles. The molecule has 8 nitrogen and oxygen atoms in total. The lowest BCUT2D eigenvalue weighted by molar-refractivity contribution is 0.0945. The minimum absolute atomic E-state index is 0.0793. The molecule has 0 aliphatic heterocycles. The predicted octanol–water partition coefficient (Wildman–Crippen LogP) is 2.27. The van der Waals surface area contributed by atoms with Gasteiger partial charge in [0.25, 0.3) is 5.91 Å². The summed E-state index contributed by atoms with van der Waals surface area (Å²) in [6, 6.07) is 5.76. The molecule has 0 aliphatic carbocycles. The molecule has 0 unspecified atom stereocenters. The first-order valence-electron chi connectivity index (χ1n) is 6.68. The van der Waals surface area contributed by atoms with Crippen LogP contribution >= 0.6 is 15.9 Å². The van der Waals surface area contributed by atoms with Crippen molar-refractivity contribution in [1.82, 2.24) is 15.3 Å². The maximum atomic E-state index is 13.2. The zero-order valence-electron chi connectivity index (χ0n) is 12.5. The zero-order chi connectivity index (χ0) is 17.7. The number of hydrogen-bond acceptors (Lipinski definition) is 5. The highest BCUT2D eigenvalue weighted by molar-refractivity contribution is 9.10. The van der Waals surface area contributed by atoms with Crippen LogP contribution in [0.4, 0.5) is 4.39 Å². The molecule has 0 saturated heterocycles. The Hall–Kier alpha value is -2.75. The summed E-state index contributed by atoms with van der Waals surface area (Å²) in [7, 11) is 0. The van der Waals surface area contributed by atoms with Gasteiger partial charge in [0.2, 0.25) is 0 Å². The number of aromatic nitrogens is 2. The topological polar surface area (TPSA) is 129 Å². The Labute approximate surface area is 145 Å². The van der Waals surface area contributed by atoms with Crippen molar-refractivity contribution < 1.29 is 9.18 Å². The third-order valence-electron chi connectivity index (χ3n) is 2.91. The number of carbonyl (C=O) groups is 1. The number of hydrogen-bond donors (Lipinski definition) is 3. The van der Waals surface area contributed by atoms with Crippen LogP contribution in [0.2, 0.25) is 0 Å². The summed E-state index contributed by atoms with van der Waals surface area (Å²) in [5, 5.41) is 16.7. The molecule has 24 heavy (non-hydrogen) atoms. The SMILES string of the molecule is Cc1nc(C(=N)N=NN)cc(C(=O)NCc2ccc(F)c(Br)c2)n1. The van der Waals surface area contributed by atoms with Gasteiger partial charge in [0.15, 0.2) is 5.84 Å². The predicted molar refractivity (Wildman–Crippen MR) is 87.9 cm³/mol. The van der Waals surface area contributed by atoms with Gasteiger partial charge in [-0.1, -0.05) is 11.3 Å². The van der Waals surface area contributed by atoms with Gasteiger partial charge in [-0.25, -0.2) is 14.4 Å². The van der Waals surface area contributed by atoms with Crippen LogP contribution in [0.3, 0.4) is 0 Å². The number of nitrogens with one attached hydrogen (secondary N) is 2. The Morgan fingerprint density at radius 2 is 2.08 bits per heavy atom. The van der Waals surface area contributed by atoms with Crippen LogP contribution < -0.4 is 11.2 Å². The standard InChI is InChI=1S/C14H13BrFN7O/c1-7-20-11(13(17)22-23-18)5-12(21-7)14(24)19-6-8-2-3-10(16)9(15)4-8/h2-5H,6H2,1H3,(H,19,24)(H3,17,18,22). The van der Waals surface area contributed by atoms with Gasteiger partial charge >= 0.3 is 0 Å². The Morgan fingerprint density at radius 1 is 1.38 bits per heavy atom. The number of aryl methyl sites for hydroxylation is 1. The van der Waals surface area contributed by atoms with Gasteiger partial charge in [-0.3, -0.25) is 10.2 Å². The third-order valence-corrected chi connectivity index (χ3v) is 3.52. The molecule has 1 heterocycles. The molecule has 0 fully saturated rings. The molecule has 1 aromatic carbocycles. The quantitative estimate of drug-likeness (QED) is 0.241. The summed E-state index contributed by atoms with van der Waals surface area (Å²) in [5.41, 5.74) is 0.925. The Balaban J connectivity index is 2.14. The highest BCUT2D eigenvalue weighted by atomic mass is 79.9. The van der Waals surface area contributed by atoms with Crippen molar-refractivity contribution in [1.29, 1.82) is 5.41 Å². The van der Waals surface area contributed by atoms with Gasteiger partial charge < -0.3 is 11.2 Å². The van der Waals surface area contributed by atoms with Gasteiger partial charge in [0, 0.05) is 6.54 Å². The number of nitrogens with zero attached hydrogens (tertiary/aromatic N) is 4. The number of nitrogens with two attached hydrogens (primary N) is 1. The van der Waals surface area contributed by atoms with Crippen LogP contribution in [0, 0.1) is 18.2 Å². The smallest absolute Gasteiger partial charge is 0.270 e. The lowest BCUT2D eigenvalue weighted by Gasteiger charge is -2.07. The Morgan fingerprint density at radius 3 is 2.75 bits per heavy atom. The average molecular weight is 394 g/mol. The second-order valence-corrected chi connectivity index (χ2v) is 5.54. The monoisotopic (exact) mass is 393 g/mol. The number of halogens is 2. The molecule has 2 aromatic rings.